The van der Waals surface area contributed by atoms with Crippen LogP contribution in [0.2, 0.25) is 5.15 Å². The molecule has 6 heteroatoms. The van der Waals surface area contributed by atoms with Crippen LogP contribution in [0.4, 0.5) is 8.78 Å². The highest BCUT2D eigenvalue weighted by molar-refractivity contribution is 6.30. The van der Waals surface area contributed by atoms with E-state index >= 15 is 0 Å². The lowest BCUT2D eigenvalue weighted by Crippen LogP contribution is -2.06. The van der Waals surface area contributed by atoms with Crippen molar-refractivity contribution in [3.8, 4) is 5.75 Å². The van der Waals surface area contributed by atoms with Crippen molar-refractivity contribution in [3.63, 3.8) is 0 Å². The minimum absolute atomic E-state index is 0.532. The Hall–Kier alpha value is -1.10. The average Bonchev–Trinajstić information content (AvgIpc) is 1.82. The van der Waals surface area contributed by atoms with Crippen molar-refractivity contribution in [2.45, 2.75) is 6.43 Å². The second-order valence-electron chi connectivity index (χ2n) is 2.05. The van der Waals surface area contributed by atoms with E-state index in [9.17, 15) is 13.6 Å². The van der Waals surface area contributed by atoms with Crippen LogP contribution in [0.1, 0.15) is 12.0 Å². The Morgan fingerprint density at radius 3 is 2.58 bits per heavy atom. The Morgan fingerprint density at radius 2 is 2.17 bits per heavy atom. The fourth-order valence-electron chi connectivity index (χ4n) is 0.734. The summed E-state index contributed by atoms with van der Waals surface area (Å²) >= 11 is 5.23. The number of hydrogen-bond acceptors (Lipinski definition) is 2. The summed E-state index contributed by atoms with van der Waals surface area (Å²) in [6.45, 7) is 0. The number of hydrogen-bond donors (Lipinski definition) is 2. The molecule has 0 aliphatic rings. The van der Waals surface area contributed by atoms with E-state index in [0.717, 1.165) is 0 Å². The van der Waals surface area contributed by atoms with Crippen LogP contribution in [-0.2, 0) is 0 Å². The van der Waals surface area contributed by atoms with Crippen LogP contribution in [0.15, 0.2) is 10.9 Å². The van der Waals surface area contributed by atoms with Crippen LogP contribution < -0.4 is 5.56 Å². The number of aromatic nitrogens is 1. The van der Waals surface area contributed by atoms with Crippen molar-refractivity contribution in [3.05, 3.63) is 27.1 Å². The Bertz CT molecular complexity index is 324. The van der Waals surface area contributed by atoms with Gasteiger partial charge in [-0.15, -0.1) is 0 Å². The summed E-state index contributed by atoms with van der Waals surface area (Å²) < 4.78 is 24.1. The molecule has 0 bridgehead atoms. The Balaban J connectivity index is 3.38. The summed E-state index contributed by atoms with van der Waals surface area (Å²) in [5.74, 6) is -0.793. The summed E-state index contributed by atoms with van der Waals surface area (Å²) in [6, 6.07) is 0.646. The predicted molar refractivity (Wildman–Crippen MR) is 38.7 cm³/mol. The smallest absolute Gasteiger partial charge is 0.270 e. The summed E-state index contributed by atoms with van der Waals surface area (Å²) in [5, 5.41) is 8.33. The highest BCUT2D eigenvalue weighted by atomic mass is 35.5. The molecule has 66 valence electrons. The molecule has 0 unspecified atom stereocenters. The third-order valence-corrected chi connectivity index (χ3v) is 1.53. The van der Waals surface area contributed by atoms with Gasteiger partial charge in [0.05, 0.1) is 5.56 Å². The predicted octanol–water partition coefficient (Wildman–Crippen LogP) is 1.67. The van der Waals surface area contributed by atoms with Gasteiger partial charge >= 0.3 is 0 Å². The Labute approximate surface area is 70.6 Å². The number of nitrogens with one attached hydrogen (secondary N) is 1. The first kappa shape index (κ1) is 8.99. The zero-order valence-electron chi connectivity index (χ0n) is 5.64. The number of rotatable bonds is 1. The summed E-state index contributed by atoms with van der Waals surface area (Å²) in [6.07, 6.45) is -2.91. The molecule has 0 aromatic carbocycles. The molecule has 1 aromatic rings. The quantitative estimate of drug-likeness (QED) is 0.670. The van der Waals surface area contributed by atoms with Gasteiger partial charge in [-0.25, -0.2) is 8.78 Å². The molecule has 0 saturated heterocycles. The van der Waals surface area contributed by atoms with E-state index in [0.29, 0.717) is 6.07 Å². The maximum Gasteiger partial charge on any atom is 0.270 e. The maximum atomic E-state index is 12.1. The zero-order chi connectivity index (χ0) is 9.30. The number of aromatic amines is 1. The number of pyridine rings is 1. The monoisotopic (exact) mass is 195 g/mol. The van der Waals surface area contributed by atoms with E-state index in [1.54, 1.807) is 0 Å². The molecule has 1 rings (SSSR count). The topological polar surface area (TPSA) is 53.1 Å². The van der Waals surface area contributed by atoms with Gasteiger partial charge in [-0.3, -0.25) is 4.79 Å². The molecule has 3 nitrogen and oxygen atoms in total. The molecule has 1 aromatic heterocycles. The van der Waals surface area contributed by atoms with Crippen molar-refractivity contribution in [1.29, 1.82) is 0 Å². The highest BCUT2D eigenvalue weighted by Crippen LogP contribution is 2.31. The van der Waals surface area contributed by atoms with Crippen LogP contribution >= 0.6 is 11.6 Å². The third kappa shape index (κ3) is 1.55. The molecular formula is C6H4ClF2NO2. The lowest BCUT2D eigenvalue weighted by Gasteiger charge is -2.03. The Morgan fingerprint density at radius 1 is 1.58 bits per heavy atom. The van der Waals surface area contributed by atoms with Gasteiger partial charge in [-0.2, -0.15) is 0 Å². The van der Waals surface area contributed by atoms with Crippen LogP contribution in [0, 0.1) is 0 Å². The molecule has 2 N–H and O–H groups in total. The summed E-state index contributed by atoms with van der Waals surface area (Å²) in [7, 11) is 0. The van der Waals surface area contributed by atoms with Gasteiger partial charge in [0.25, 0.3) is 12.0 Å². The van der Waals surface area contributed by atoms with Crippen molar-refractivity contribution < 1.29 is 13.9 Å². The van der Waals surface area contributed by atoms with E-state index in [2.05, 4.69) is 0 Å². The van der Waals surface area contributed by atoms with Gasteiger partial charge in [0, 0.05) is 6.07 Å². The minimum Gasteiger partial charge on any atom is -0.507 e. The van der Waals surface area contributed by atoms with Gasteiger partial charge in [0.2, 0.25) is 0 Å². The SMILES string of the molecule is O=c1cc(O)c(C(F)F)c(Cl)[nH]1. The van der Waals surface area contributed by atoms with Gasteiger partial charge < -0.3 is 10.1 Å². The van der Waals surface area contributed by atoms with Crippen molar-refractivity contribution in [2.75, 3.05) is 0 Å². The van der Waals surface area contributed by atoms with E-state index in [1.807, 2.05) is 4.98 Å². The van der Waals surface area contributed by atoms with Gasteiger partial charge in [0.15, 0.2) is 0 Å². The first-order valence-electron chi connectivity index (χ1n) is 2.92. The molecular weight excluding hydrogens is 192 g/mol. The number of H-pyrrole nitrogens is 1. The minimum atomic E-state index is -2.91. The fourth-order valence-corrected chi connectivity index (χ4v) is 1.01. The molecule has 0 saturated carbocycles. The molecule has 0 amide bonds. The van der Waals surface area contributed by atoms with Crippen molar-refractivity contribution in [1.82, 2.24) is 4.98 Å². The van der Waals surface area contributed by atoms with E-state index in [1.165, 1.54) is 0 Å². The normalized spacial score (nSPS) is 10.7. The van der Waals surface area contributed by atoms with E-state index in [-0.39, 0.29) is 0 Å². The lowest BCUT2D eigenvalue weighted by molar-refractivity contribution is 0.147. The second kappa shape index (κ2) is 3.10. The molecule has 0 fully saturated rings. The van der Waals surface area contributed by atoms with Crippen LogP contribution in [0.5, 0.6) is 5.75 Å². The molecule has 1 heterocycles. The highest BCUT2D eigenvalue weighted by Gasteiger charge is 2.17. The average molecular weight is 196 g/mol. The lowest BCUT2D eigenvalue weighted by atomic mass is 10.3. The van der Waals surface area contributed by atoms with E-state index in [4.69, 9.17) is 16.7 Å². The van der Waals surface area contributed by atoms with Crippen LogP contribution in [0.25, 0.3) is 0 Å². The second-order valence-corrected chi connectivity index (χ2v) is 2.43. The number of aromatic hydroxyl groups is 1. The number of alkyl halides is 2. The van der Waals surface area contributed by atoms with Crippen molar-refractivity contribution >= 4 is 11.6 Å². The molecule has 0 aliphatic carbocycles. The zero-order valence-corrected chi connectivity index (χ0v) is 6.40. The molecule has 12 heavy (non-hydrogen) atoms. The molecule has 0 aliphatic heterocycles. The molecule has 0 spiro atoms. The standard InChI is InChI=1S/C6H4ClF2NO2/c7-5-4(6(8)9)2(11)1-3(12)10-5/h1,6H,(H2,10,11,12). The van der Waals surface area contributed by atoms with Gasteiger partial charge in [0.1, 0.15) is 10.9 Å². The van der Waals surface area contributed by atoms with Crippen LogP contribution in [-0.4, -0.2) is 10.1 Å². The third-order valence-electron chi connectivity index (χ3n) is 1.23. The fraction of sp³-hybridized carbons (Fsp3) is 0.167. The maximum absolute atomic E-state index is 12.1. The molecule has 0 atom stereocenters. The Kier molecular flexibility index (Phi) is 2.32. The first-order chi connectivity index (χ1) is 5.52. The van der Waals surface area contributed by atoms with Gasteiger partial charge in [-0.1, -0.05) is 11.6 Å². The van der Waals surface area contributed by atoms with E-state index < -0.39 is 28.5 Å². The summed E-state index contributed by atoms with van der Waals surface area (Å²) in [5.41, 5.74) is -1.47. The van der Waals surface area contributed by atoms with Gasteiger partial charge in [-0.05, 0) is 0 Å². The first-order valence-corrected chi connectivity index (χ1v) is 3.30. The number of halogens is 3. The van der Waals surface area contributed by atoms with Crippen LogP contribution in [0.3, 0.4) is 0 Å². The summed E-state index contributed by atoms with van der Waals surface area (Å²) in [4.78, 5) is 12.5. The molecule has 0 radical (unpaired) electrons. The van der Waals surface area contributed by atoms with Crippen molar-refractivity contribution in [2.24, 2.45) is 0 Å². The largest absolute Gasteiger partial charge is 0.507 e.